The molecule has 1 aliphatic rings. The molecule has 0 saturated carbocycles. The van der Waals surface area contributed by atoms with Gasteiger partial charge in [0.1, 0.15) is 0 Å². The first-order valence-electron chi connectivity index (χ1n) is 6.57. The van der Waals surface area contributed by atoms with Gasteiger partial charge in [-0.1, -0.05) is 6.92 Å². The minimum absolute atomic E-state index is 0. The van der Waals surface area contributed by atoms with Crippen molar-refractivity contribution in [1.82, 2.24) is 0 Å². The smallest absolute Gasteiger partial charge is 0.549 e. The third-order valence-corrected chi connectivity index (χ3v) is 6.37. The Morgan fingerprint density at radius 2 is 2.00 bits per heavy atom. The van der Waals surface area contributed by atoms with E-state index in [0.717, 1.165) is 28.4 Å². The number of amides is 1. The van der Waals surface area contributed by atoms with E-state index >= 15 is 0 Å². The van der Waals surface area contributed by atoms with E-state index in [1.165, 1.54) is 0 Å². The van der Waals surface area contributed by atoms with Crippen molar-refractivity contribution >= 4 is 85.3 Å². The molecular weight excluding hydrogens is 634 g/mol. The monoisotopic (exact) mass is 647 g/mol. The number of benzene rings is 1. The number of anilines is 1. The molecule has 0 N–H and O–H groups in total. The van der Waals surface area contributed by atoms with Gasteiger partial charge in [0.2, 0.25) is 5.91 Å². The van der Waals surface area contributed by atoms with Gasteiger partial charge in [0.25, 0.3) is 0 Å². The van der Waals surface area contributed by atoms with E-state index in [-0.39, 0.29) is 35.5 Å². The zero-order valence-electron chi connectivity index (χ0n) is 12.3. The second-order valence-corrected chi connectivity index (χ2v) is 8.25. The Morgan fingerprint density at radius 1 is 1.36 bits per heavy atom. The van der Waals surface area contributed by atoms with Crippen LogP contribution >= 0.6 is 67.8 Å². The van der Waals surface area contributed by atoms with E-state index in [1.54, 1.807) is 4.90 Å². The molecule has 1 fully saturated rings. The van der Waals surface area contributed by atoms with Gasteiger partial charge >= 0.3 is 29.6 Å². The van der Waals surface area contributed by atoms with Crippen LogP contribution in [0.3, 0.4) is 0 Å². The Morgan fingerprint density at radius 3 is 2.45 bits per heavy atom. The summed E-state index contributed by atoms with van der Waals surface area (Å²) in [5, 5.41) is 11.4. The van der Waals surface area contributed by atoms with Crippen LogP contribution in [0, 0.1) is 10.7 Å². The Labute approximate surface area is 192 Å². The van der Waals surface area contributed by atoms with Crippen LogP contribution in [-0.4, -0.2) is 18.4 Å². The summed E-state index contributed by atoms with van der Waals surface area (Å²) in [6.45, 7) is 2.54. The van der Waals surface area contributed by atoms with Crippen molar-refractivity contribution in [2.45, 2.75) is 32.1 Å². The minimum Gasteiger partial charge on any atom is -0.549 e. The number of halogens is 3. The summed E-state index contributed by atoms with van der Waals surface area (Å²) in [5.74, 6) is -1.59. The van der Waals surface area contributed by atoms with Crippen LogP contribution in [0.5, 0.6) is 0 Å². The van der Waals surface area contributed by atoms with Crippen molar-refractivity contribution < 1.29 is 44.3 Å². The first-order valence-corrected chi connectivity index (χ1v) is 9.80. The maximum Gasteiger partial charge on any atom is 1.00 e. The quantitative estimate of drug-likeness (QED) is 0.339. The maximum atomic E-state index is 12.0. The first kappa shape index (κ1) is 21.4. The summed E-state index contributed by atoms with van der Waals surface area (Å²) in [4.78, 5) is 25.2. The van der Waals surface area contributed by atoms with E-state index in [1.807, 2.05) is 13.0 Å². The number of hydrogen-bond donors (Lipinski definition) is 0. The summed E-state index contributed by atoms with van der Waals surface area (Å²) in [7, 11) is 0. The molecule has 4 nitrogen and oxygen atoms in total. The molecule has 22 heavy (non-hydrogen) atoms. The molecule has 0 radical (unpaired) electrons. The topological polar surface area (TPSA) is 60.4 Å². The van der Waals surface area contributed by atoms with Crippen LogP contribution in [0.15, 0.2) is 6.07 Å². The number of carbonyl (C=O) groups is 2. The van der Waals surface area contributed by atoms with Gasteiger partial charge in [-0.15, -0.1) is 0 Å². The van der Waals surface area contributed by atoms with E-state index in [2.05, 4.69) is 67.8 Å². The Bertz CT molecular complexity index is 583. The molecular formula is C14H13I3NNaO3. The molecule has 1 amide bonds. The SMILES string of the molecule is CCC(C(=O)[O-])c1c(I)cc(I)c(N2CCCC2=O)c1I.[Na+]. The van der Waals surface area contributed by atoms with Gasteiger partial charge in [-0.3, -0.25) is 4.79 Å². The van der Waals surface area contributed by atoms with Crippen molar-refractivity contribution in [1.29, 1.82) is 0 Å². The fourth-order valence-electron chi connectivity index (χ4n) is 2.53. The van der Waals surface area contributed by atoms with Gasteiger partial charge in [0, 0.05) is 35.6 Å². The van der Waals surface area contributed by atoms with E-state index < -0.39 is 11.9 Å². The van der Waals surface area contributed by atoms with Crippen molar-refractivity contribution in [2.24, 2.45) is 0 Å². The number of hydrogen-bond acceptors (Lipinski definition) is 3. The summed E-state index contributed by atoms with van der Waals surface area (Å²) in [5.41, 5.74) is 1.63. The molecule has 1 saturated heterocycles. The van der Waals surface area contributed by atoms with Gasteiger partial charge < -0.3 is 14.8 Å². The first-order chi connectivity index (χ1) is 9.88. The molecule has 1 unspecified atom stereocenters. The zero-order chi connectivity index (χ0) is 15.7. The second-order valence-electron chi connectivity index (χ2n) is 4.85. The van der Waals surface area contributed by atoms with Crippen molar-refractivity contribution in [3.05, 3.63) is 22.3 Å². The molecule has 0 aliphatic carbocycles. The predicted octanol–water partition coefficient (Wildman–Crippen LogP) is -0.125. The van der Waals surface area contributed by atoms with E-state index in [0.29, 0.717) is 19.4 Å². The molecule has 1 aromatic carbocycles. The van der Waals surface area contributed by atoms with Gasteiger partial charge in [-0.25, -0.2) is 0 Å². The zero-order valence-corrected chi connectivity index (χ0v) is 20.8. The van der Waals surface area contributed by atoms with Crippen molar-refractivity contribution in [3.8, 4) is 0 Å². The Kier molecular flexibility index (Phi) is 8.91. The summed E-state index contributed by atoms with van der Waals surface area (Å²) in [6.07, 6.45) is 1.89. The van der Waals surface area contributed by atoms with Gasteiger partial charge in [0.05, 0.1) is 5.69 Å². The van der Waals surface area contributed by atoms with Gasteiger partial charge in [-0.2, -0.15) is 0 Å². The second kappa shape index (κ2) is 9.16. The number of carbonyl (C=O) groups excluding carboxylic acids is 2. The van der Waals surface area contributed by atoms with Crippen LogP contribution in [-0.2, 0) is 9.59 Å². The third kappa shape index (κ3) is 4.30. The van der Waals surface area contributed by atoms with Crippen molar-refractivity contribution in [2.75, 3.05) is 11.4 Å². The fraction of sp³-hybridized carbons (Fsp3) is 0.429. The molecule has 114 valence electrons. The Balaban J connectivity index is 0.00000242. The molecule has 1 aromatic rings. The molecule has 0 bridgehead atoms. The average molecular weight is 647 g/mol. The average Bonchev–Trinajstić information content (AvgIpc) is 2.80. The third-order valence-electron chi connectivity index (χ3n) is 3.57. The fourth-order valence-corrected chi connectivity index (χ4v) is 7.24. The van der Waals surface area contributed by atoms with Crippen LogP contribution in [0.4, 0.5) is 5.69 Å². The van der Waals surface area contributed by atoms with E-state index in [4.69, 9.17) is 0 Å². The van der Waals surface area contributed by atoms with Crippen LogP contribution in [0.1, 0.15) is 37.7 Å². The normalized spacial score (nSPS) is 15.6. The van der Waals surface area contributed by atoms with E-state index in [9.17, 15) is 14.7 Å². The molecule has 1 aliphatic heterocycles. The maximum absolute atomic E-state index is 12.0. The van der Waals surface area contributed by atoms with Crippen LogP contribution in [0.25, 0.3) is 0 Å². The minimum atomic E-state index is -1.06. The number of carboxylic acid groups (broad SMARTS) is 1. The summed E-state index contributed by atoms with van der Waals surface area (Å²) >= 11 is 6.55. The predicted molar refractivity (Wildman–Crippen MR) is 104 cm³/mol. The van der Waals surface area contributed by atoms with Gasteiger partial charge in [-0.05, 0) is 92.2 Å². The number of rotatable bonds is 4. The largest absolute Gasteiger partial charge is 1.00 e. The molecule has 1 atom stereocenters. The van der Waals surface area contributed by atoms with Crippen LogP contribution < -0.4 is 39.6 Å². The molecule has 0 aromatic heterocycles. The van der Waals surface area contributed by atoms with Gasteiger partial charge in [0.15, 0.2) is 0 Å². The number of nitrogens with zero attached hydrogens (tertiary/aromatic N) is 1. The number of aliphatic carboxylic acids is 1. The van der Waals surface area contributed by atoms with Crippen LogP contribution in [0.2, 0.25) is 0 Å². The molecule has 8 heteroatoms. The summed E-state index contributed by atoms with van der Waals surface area (Å²) < 4.78 is 2.75. The summed E-state index contributed by atoms with van der Waals surface area (Å²) in [6, 6.07) is 1.95. The molecule has 2 rings (SSSR count). The van der Waals surface area contributed by atoms with Crippen molar-refractivity contribution in [3.63, 3.8) is 0 Å². The number of carboxylic acids is 1. The molecule has 1 heterocycles. The standard InChI is InChI=1S/C14H14I3NO3.Na/c1-2-7(14(20)21)11-8(15)6-9(16)13(12(11)17)18-5-3-4-10(18)19;/h6-7H,2-5H2,1H3,(H,20,21);/q;+1/p-1. The molecule has 0 spiro atoms. The Hall–Kier alpha value is 1.35.